The molecule has 0 atom stereocenters. The summed E-state index contributed by atoms with van der Waals surface area (Å²) in [6.07, 6.45) is 15.6. The molecule has 3 heterocycles. The third-order valence-corrected chi connectivity index (χ3v) is 14.5. The van der Waals surface area contributed by atoms with Crippen LogP contribution in [0.3, 0.4) is 0 Å². The van der Waals surface area contributed by atoms with Crippen molar-refractivity contribution in [3.63, 3.8) is 0 Å². The number of nitrogens with zero attached hydrogens (tertiary/aromatic N) is 2. The molecule has 4 aliphatic rings. The van der Waals surface area contributed by atoms with Crippen molar-refractivity contribution in [1.82, 2.24) is 9.13 Å². The minimum absolute atomic E-state index is 0.403. The highest BCUT2D eigenvalue weighted by Gasteiger charge is 2.50. The summed E-state index contributed by atoms with van der Waals surface area (Å²) in [5.41, 5.74) is 18.3. The molecule has 58 heavy (non-hydrogen) atoms. The van der Waals surface area contributed by atoms with Crippen LogP contribution in [0.2, 0.25) is 0 Å². The normalized spacial score (nSPS) is 16.3. The van der Waals surface area contributed by atoms with Crippen LogP contribution in [0.25, 0.3) is 71.7 Å². The Morgan fingerprint density at radius 3 is 1.76 bits per heavy atom. The Kier molecular flexibility index (Phi) is 6.86. The van der Waals surface area contributed by atoms with E-state index in [2.05, 4.69) is 191 Å². The molecule has 9 aromatic rings. The molecule has 7 aromatic carbocycles. The van der Waals surface area contributed by atoms with Crippen LogP contribution in [0.15, 0.2) is 192 Å². The van der Waals surface area contributed by atoms with Crippen LogP contribution in [0, 0.1) is 0 Å². The fraction of sp³-hybridized carbons (Fsp3) is 0.0909. The lowest BCUT2D eigenvalue weighted by atomic mass is 9.67. The number of para-hydroxylation sites is 2. The van der Waals surface area contributed by atoms with Crippen LogP contribution in [0.4, 0.5) is 0 Å². The zero-order valence-corrected chi connectivity index (χ0v) is 32.8. The lowest BCUT2D eigenvalue weighted by molar-refractivity contribution is 0.723. The SMILES string of the molecule is C1=CCCC(n2c3ccccc3c3cc(C4=CC=C(n5c6ccccc6c6cc7c(cc65)C5(c6ccccc6Sc6ccccc65)c5ccccc5-7)CC4)ccc32)=C1. The molecule has 3 heteroatoms. The van der Waals surface area contributed by atoms with Crippen molar-refractivity contribution in [3.05, 3.63) is 210 Å². The molecule has 0 saturated heterocycles. The number of fused-ring (bicyclic) bond motifs is 15. The molecule has 0 saturated carbocycles. The first kappa shape index (κ1) is 32.5. The maximum absolute atomic E-state index is 2.58. The summed E-state index contributed by atoms with van der Waals surface area (Å²) in [6.45, 7) is 0. The number of hydrogen-bond donors (Lipinski definition) is 0. The second-order valence-electron chi connectivity index (χ2n) is 16.2. The van der Waals surface area contributed by atoms with Gasteiger partial charge in [0.05, 0.1) is 27.5 Å². The van der Waals surface area contributed by atoms with Gasteiger partial charge in [0, 0.05) is 42.7 Å². The first-order valence-corrected chi connectivity index (χ1v) is 21.4. The Morgan fingerprint density at radius 2 is 1.05 bits per heavy atom. The maximum atomic E-state index is 2.58. The molecule has 3 aliphatic carbocycles. The van der Waals surface area contributed by atoms with Gasteiger partial charge in [-0.3, -0.25) is 0 Å². The van der Waals surface area contributed by atoms with E-state index in [-0.39, 0.29) is 0 Å². The molecule has 0 unspecified atom stereocenters. The fourth-order valence-corrected chi connectivity index (χ4v) is 12.1. The van der Waals surface area contributed by atoms with Gasteiger partial charge in [0.1, 0.15) is 0 Å². The fourth-order valence-electron chi connectivity index (χ4n) is 10.9. The topological polar surface area (TPSA) is 9.86 Å². The van der Waals surface area contributed by atoms with E-state index in [0.717, 1.165) is 25.7 Å². The highest BCUT2D eigenvalue weighted by atomic mass is 32.2. The number of aromatic nitrogens is 2. The molecule has 0 radical (unpaired) electrons. The van der Waals surface area contributed by atoms with Gasteiger partial charge in [-0.1, -0.05) is 133 Å². The minimum Gasteiger partial charge on any atom is -0.313 e. The second-order valence-corrected chi connectivity index (χ2v) is 17.3. The highest BCUT2D eigenvalue weighted by molar-refractivity contribution is 7.99. The van der Waals surface area contributed by atoms with Crippen LogP contribution in [-0.4, -0.2) is 9.13 Å². The average molecular weight is 759 g/mol. The third kappa shape index (κ3) is 4.34. The molecule has 0 amide bonds. The van der Waals surface area contributed by atoms with Crippen molar-refractivity contribution in [2.24, 2.45) is 0 Å². The van der Waals surface area contributed by atoms with Crippen molar-refractivity contribution in [2.45, 2.75) is 40.9 Å². The number of allylic oxidation sites excluding steroid dienone is 8. The molecule has 2 aromatic heterocycles. The van der Waals surface area contributed by atoms with Crippen molar-refractivity contribution in [1.29, 1.82) is 0 Å². The van der Waals surface area contributed by atoms with Gasteiger partial charge in [-0.25, -0.2) is 0 Å². The quantitative estimate of drug-likeness (QED) is 0.174. The minimum atomic E-state index is -0.403. The molecule has 0 fully saturated rings. The summed E-state index contributed by atoms with van der Waals surface area (Å²) < 4.78 is 5.06. The number of benzene rings is 7. The van der Waals surface area contributed by atoms with Crippen molar-refractivity contribution >= 4 is 72.3 Å². The molecule has 0 bridgehead atoms. The van der Waals surface area contributed by atoms with Gasteiger partial charge < -0.3 is 9.13 Å². The molecule has 13 rings (SSSR count). The summed E-state index contributed by atoms with van der Waals surface area (Å²) in [6, 6.07) is 57.5. The van der Waals surface area contributed by atoms with Crippen LogP contribution in [0.1, 0.15) is 53.5 Å². The highest BCUT2D eigenvalue weighted by Crippen LogP contribution is 2.63. The summed E-state index contributed by atoms with van der Waals surface area (Å²) in [5, 5.41) is 5.27. The summed E-state index contributed by atoms with van der Waals surface area (Å²) in [5.74, 6) is 0. The van der Waals surface area contributed by atoms with E-state index in [1.165, 1.54) is 109 Å². The van der Waals surface area contributed by atoms with Gasteiger partial charge in [-0.05, 0) is 131 Å². The molecule has 0 N–H and O–H groups in total. The van der Waals surface area contributed by atoms with Crippen LogP contribution >= 0.6 is 11.8 Å². The van der Waals surface area contributed by atoms with E-state index in [1.54, 1.807) is 0 Å². The van der Waals surface area contributed by atoms with E-state index in [1.807, 2.05) is 11.8 Å². The van der Waals surface area contributed by atoms with Crippen LogP contribution in [0.5, 0.6) is 0 Å². The van der Waals surface area contributed by atoms with Gasteiger partial charge in [-0.15, -0.1) is 0 Å². The Hall–Kier alpha value is -6.55. The number of hydrogen-bond acceptors (Lipinski definition) is 1. The zero-order valence-electron chi connectivity index (χ0n) is 32.0. The Labute approximate surface area is 341 Å². The van der Waals surface area contributed by atoms with E-state index in [0.29, 0.717) is 0 Å². The number of rotatable bonds is 3. The standard InChI is InChI=1S/C55H38N2S/c1-2-14-37(15-3-1)56-49-22-10-5-17-40(49)43-32-36(28-31-51(43)56)35-26-29-38(30-27-35)57-50-23-11-6-18-41(50)44-33-42-39-16-4-7-19-45(39)55(48(42)34-52(44)57)46-20-8-12-24-53(46)58-54-25-13-9-21-47(54)55/h1-2,4-14,16-26,28-29,31-34H,3,15,27,30H2. The van der Waals surface area contributed by atoms with Crippen molar-refractivity contribution in [2.75, 3.05) is 0 Å². The molecule has 2 nitrogen and oxygen atoms in total. The van der Waals surface area contributed by atoms with Crippen molar-refractivity contribution in [3.8, 4) is 11.1 Å². The summed E-state index contributed by atoms with van der Waals surface area (Å²) >= 11 is 1.91. The Bertz CT molecular complexity index is 3330. The summed E-state index contributed by atoms with van der Waals surface area (Å²) in [4.78, 5) is 2.67. The van der Waals surface area contributed by atoms with Crippen LogP contribution < -0.4 is 0 Å². The molecule has 1 spiro atoms. The molecular weight excluding hydrogens is 721 g/mol. The lowest BCUT2D eigenvalue weighted by Crippen LogP contribution is -2.31. The van der Waals surface area contributed by atoms with Gasteiger partial charge in [0.15, 0.2) is 0 Å². The predicted octanol–water partition coefficient (Wildman–Crippen LogP) is 14.6. The van der Waals surface area contributed by atoms with Gasteiger partial charge in [0.2, 0.25) is 0 Å². The van der Waals surface area contributed by atoms with E-state index >= 15 is 0 Å². The molecular formula is C55H38N2S. The smallest absolute Gasteiger partial charge is 0.0736 e. The van der Waals surface area contributed by atoms with E-state index < -0.39 is 5.41 Å². The first-order valence-electron chi connectivity index (χ1n) is 20.6. The Balaban J connectivity index is 1.00. The van der Waals surface area contributed by atoms with E-state index in [9.17, 15) is 0 Å². The first-order chi connectivity index (χ1) is 28.8. The molecule has 1 aliphatic heterocycles. The van der Waals surface area contributed by atoms with E-state index in [4.69, 9.17) is 0 Å². The molecule has 274 valence electrons. The zero-order chi connectivity index (χ0) is 38.0. The maximum Gasteiger partial charge on any atom is 0.0736 e. The largest absolute Gasteiger partial charge is 0.313 e. The lowest BCUT2D eigenvalue weighted by Gasteiger charge is -2.39. The predicted molar refractivity (Wildman–Crippen MR) is 244 cm³/mol. The monoisotopic (exact) mass is 758 g/mol. The van der Waals surface area contributed by atoms with Crippen LogP contribution in [-0.2, 0) is 5.41 Å². The third-order valence-electron chi connectivity index (χ3n) is 13.4. The van der Waals surface area contributed by atoms with Gasteiger partial charge in [-0.2, -0.15) is 0 Å². The Morgan fingerprint density at radius 1 is 0.431 bits per heavy atom. The second kappa shape index (κ2) is 12.2. The van der Waals surface area contributed by atoms with Gasteiger partial charge in [0.25, 0.3) is 0 Å². The average Bonchev–Trinajstić information content (AvgIpc) is 3.90. The van der Waals surface area contributed by atoms with Crippen molar-refractivity contribution < 1.29 is 0 Å². The summed E-state index contributed by atoms with van der Waals surface area (Å²) in [7, 11) is 0. The van der Waals surface area contributed by atoms with Gasteiger partial charge >= 0.3 is 0 Å².